The summed E-state index contributed by atoms with van der Waals surface area (Å²) in [4.78, 5) is 32.8. The van der Waals surface area contributed by atoms with E-state index in [2.05, 4.69) is 20.2 Å². The van der Waals surface area contributed by atoms with E-state index in [0.717, 1.165) is 39.6 Å². The molecule has 0 bridgehead atoms. The number of carbonyl (C=O) groups is 1. The maximum atomic E-state index is 11.7. The zero-order valence-electron chi connectivity index (χ0n) is 16.4. The Labute approximate surface area is 172 Å². The van der Waals surface area contributed by atoms with Gasteiger partial charge >= 0.3 is 0 Å². The molecule has 0 saturated carbocycles. The van der Waals surface area contributed by atoms with Crippen LogP contribution in [0.1, 0.15) is 23.8 Å². The summed E-state index contributed by atoms with van der Waals surface area (Å²) in [7, 11) is 0. The van der Waals surface area contributed by atoms with Crippen molar-refractivity contribution in [2.75, 3.05) is 36.9 Å². The van der Waals surface area contributed by atoms with Gasteiger partial charge in [-0.1, -0.05) is 6.92 Å². The molecule has 4 rings (SSSR count). The number of ether oxygens (including phenoxy) is 1. The molecule has 0 radical (unpaired) electrons. The fraction of sp³-hybridized carbons (Fsp3) is 0.421. The molecule has 10 heteroatoms. The first-order valence-electron chi connectivity index (χ1n) is 9.54. The summed E-state index contributed by atoms with van der Waals surface area (Å²) in [5.41, 5.74) is 8.27. The van der Waals surface area contributed by atoms with E-state index in [4.69, 9.17) is 20.4 Å². The Morgan fingerprint density at radius 1 is 1.28 bits per heavy atom. The average Bonchev–Trinajstić information content (AvgIpc) is 3.08. The maximum absolute atomic E-state index is 11.7. The molecule has 3 aromatic heterocycles. The van der Waals surface area contributed by atoms with Crippen LogP contribution in [0.3, 0.4) is 0 Å². The molecule has 4 heterocycles. The molecule has 29 heavy (non-hydrogen) atoms. The number of carbonyl (C=O) groups excluding carboxylic acids is 1. The van der Waals surface area contributed by atoms with Gasteiger partial charge in [0.25, 0.3) is 0 Å². The molecule has 152 valence electrons. The van der Waals surface area contributed by atoms with E-state index in [1.165, 1.54) is 0 Å². The normalized spacial score (nSPS) is 14.3. The quantitative estimate of drug-likeness (QED) is 0.651. The molecule has 9 nitrogen and oxygen atoms in total. The molecule has 0 atom stereocenters. The third kappa shape index (κ3) is 3.99. The van der Waals surface area contributed by atoms with Crippen LogP contribution in [0, 0.1) is 6.92 Å². The van der Waals surface area contributed by atoms with Crippen LogP contribution in [-0.2, 0) is 16.1 Å². The van der Waals surface area contributed by atoms with Crippen molar-refractivity contribution in [1.82, 2.24) is 25.3 Å². The second-order valence-electron chi connectivity index (χ2n) is 6.76. The van der Waals surface area contributed by atoms with Gasteiger partial charge < -0.3 is 20.7 Å². The maximum Gasteiger partial charge on any atom is 0.220 e. The van der Waals surface area contributed by atoms with E-state index >= 15 is 0 Å². The summed E-state index contributed by atoms with van der Waals surface area (Å²) in [6.45, 7) is 7.22. The van der Waals surface area contributed by atoms with E-state index in [1.807, 2.05) is 13.8 Å². The van der Waals surface area contributed by atoms with Crippen LogP contribution in [0.15, 0.2) is 12.4 Å². The molecule has 3 aromatic rings. The van der Waals surface area contributed by atoms with Gasteiger partial charge in [0.05, 0.1) is 35.5 Å². The molecule has 1 amide bonds. The molecule has 3 N–H and O–H groups in total. The van der Waals surface area contributed by atoms with Gasteiger partial charge in [-0.05, 0) is 12.5 Å². The van der Waals surface area contributed by atoms with Crippen molar-refractivity contribution in [2.24, 2.45) is 0 Å². The Morgan fingerprint density at radius 2 is 2.00 bits per heavy atom. The van der Waals surface area contributed by atoms with Crippen LogP contribution in [0.25, 0.3) is 21.6 Å². The molecule has 1 aliphatic rings. The van der Waals surface area contributed by atoms with E-state index < -0.39 is 0 Å². The first-order chi connectivity index (χ1) is 14.1. The van der Waals surface area contributed by atoms with Crippen LogP contribution < -0.4 is 16.0 Å². The number of hydrogen-bond donors (Lipinski definition) is 2. The van der Waals surface area contributed by atoms with Gasteiger partial charge in [0.1, 0.15) is 0 Å². The number of hydrogen-bond acceptors (Lipinski definition) is 9. The number of aryl methyl sites for hydroxylation is 1. The number of thiophene rings is 1. The van der Waals surface area contributed by atoms with Crippen LogP contribution in [-0.4, -0.2) is 52.1 Å². The smallest absolute Gasteiger partial charge is 0.220 e. The summed E-state index contributed by atoms with van der Waals surface area (Å²) in [6.07, 6.45) is 3.73. The van der Waals surface area contributed by atoms with Crippen molar-refractivity contribution in [2.45, 2.75) is 26.8 Å². The monoisotopic (exact) mass is 413 g/mol. The average molecular weight is 414 g/mol. The number of nitrogens with two attached hydrogens (primary N) is 1. The number of anilines is 2. The second kappa shape index (κ2) is 8.26. The minimum atomic E-state index is 0.0288. The van der Waals surface area contributed by atoms with E-state index in [1.54, 1.807) is 23.7 Å². The van der Waals surface area contributed by atoms with Crippen molar-refractivity contribution in [3.05, 3.63) is 22.8 Å². The van der Waals surface area contributed by atoms with Gasteiger partial charge in [-0.25, -0.2) is 19.9 Å². The van der Waals surface area contributed by atoms with E-state index in [-0.39, 0.29) is 11.9 Å². The van der Waals surface area contributed by atoms with Gasteiger partial charge in [-0.2, -0.15) is 0 Å². The third-order valence-electron chi connectivity index (χ3n) is 4.85. The summed E-state index contributed by atoms with van der Waals surface area (Å²) >= 11 is 1.63. The fourth-order valence-corrected chi connectivity index (χ4v) is 4.37. The zero-order chi connectivity index (χ0) is 20.4. The van der Waals surface area contributed by atoms with Crippen LogP contribution in [0.4, 0.5) is 11.8 Å². The lowest BCUT2D eigenvalue weighted by Crippen LogP contribution is -2.36. The zero-order valence-corrected chi connectivity index (χ0v) is 17.3. The van der Waals surface area contributed by atoms with Gasteiger partial charge in [0.2, 0.25) is 11.9 Å². The molecule has 1 fully saturated rings. The molecule has 0 unspecified atom stereocenters. The predicted molar refractivity (Wildman–Crippen MR) is 113 cm³/mol. The third-order valence-corrected chi connectivity index (χ3v) is 6.13. The molecular weight excluding hydrogens is 390 g/mol. The number of nitrogen functional groups attached to an aromatic ring is 1. The minimum Gasteiger partial charge on any atom is -0.378 e. The van der Waals surface area contributed by atoms with Crippen molar-refractivity contribution >= 4 is 39.2 Å². The molecule has 0 aliphatic carbocycles. The van der Waals surface area contributed by atoms with E-state index in [9.17, 15) is 4.79 Å². The van der Waals surface area contributed by atoms with Crippen molar-refractivity contribution in [3.8, 4) is 11.4 Å². The molecule has 1 saturated heterocycles. The Kier molecular flexibility index (Phi) is 5.54. The number of aromatic nitrogens is 4. The SMILES string of the molecule is CCC(=O)NCc1sc2c(N3CCOCC3)nc(-c3cnc(N)nc3)nc2c1C. The van der Waals surface area contributed by atoms with Crippen LogP contribution in [0.2, 0.25) is 0 Å². The first-order valence-corrected chi connectivity index (χ1v) is 10.4. The largest absolute Gasteiger partial charge is 0.378 e. The first kappa shape index (κ1) is 19.5. The Balaban J connectivity index is 1.82. The summed E-state index contributed by atoms with van der Waals surface area (Å²) in [6, 6.07) is 0. The van der Waals surface area contributed by atoms with Crippen LogP contribution >= 0.6 is 11.3 Å². The Bertz CT molecular complexity index is 1030. The number of amides is 1. The number of morpholine rings is 1. The number of rotatable bonds is 5. The van der Waals surface area contributed by atoms with Crippen molar-refractivity contribution < 1.29 is 9.53 Å². The topological polar surface area (TPSA) is 119 Å². The fourth-order valence-electron chi connectivity index (χ4n) is 3.16. The summed E-state index contributed by atoms with van der Waals surface area (Å²) in [5.74, 6) is 1.68. The highest BCUT2D eigenvalue weighted by atomic mass is 32.1. The number of nitrogens with zero attached hydrogens (tertiary/aromatic N) is 5. The van der Waals surface area contributed by atoms with Gasteiger partial charge in [-0.15, -0.1) is 11.3 Å². The minimum absolute atomic E-state index is 0.0288. The predicted octanol–water partition coefficient (Wildman–Crippen LogP) is 1.90. The van der Waals surface area contributed by atoms with Gasteiger partial charge in [0, 0.05) is 36.8 Å². The Morgan fingerprint density at radius 3 is 2.69 bits per heavy atom. The lowest BCUT2D eigenvalue weighted by molar-refractivity contribution is -0.120. The van der Waals surface area contributed by atoms with Crippen molar-refractivity contribution in [1.29, 1.82) is 0 Å². The standard InChI is InChI=1S/C19H23N7O2S/c1-3-14(27)21-10-13-11(2)15-16(29-13)18(26-4-6-28-7-5-26)25-17(24-15)12-8-22-19(20)23-9-12/h8-9H,3-7,10H2,1-2H3,(H,21,27)(H2,20,22,23). The number of nitrogens with one attached hydrogen (secondary N) is 1. The molecule has 1 aliphatic heterocycles. The highest BCUT2D eigenvalue weighted by Crippen LogP contribution is 2.37. The molecular formula is C19H23N7O2S. The second-order valence-corrected chi connectivity index (χ2v) is 7.86. The lowest BCUT2D eigenvalue weighted by Gasteiger charge is -2.28. The van der Waals surface area contributed by atoms with E-state index in [0.29, 0.717) is 37.6 Å². The number of fused-ring (bicyclic) bond motifs is 1. The highest BCUT2D eigenvalue weighted by Gasteiger charge is 2.22. The summed E-state index contributed by atoms with van der Waals surface area (Å²) < 4.78 is 6.52. The molecule has 0 aromatic carbocycles. The lowest BCUT2D eigenvalue weighted by atomic mass is 10.2. The Hall–Kier alpha value is -2.85. The molecule has 0 spiro atoms. The summed E-state index contributed by atoms with van der Waals surface area (Å²) in [5, 5.41) is 2.96. The van der Waals surface area contributed by atoms with Gasteiger partial charge in [-0.3, -0.25) is 4.79 Å². The highest BCUT2D eigenvalue weighted by molar-refractivity contribution is 7.19. The van der Waals surface area contributed by atoms with Crippen LogP contribution in [0.5, 0.6) is 0 Å². The van der Waals surface area contributed by atoms with Crippen molar-refractivity contribution in [3.63, 3.8) is 0 Å². The van der Waals surface area contributed by atoms with Gasteiger partial charge in [0.15, 0.2) is 11.6 Å².